The van der Waals surface area contributed by atoms with Crippen molar-refractivity contribution in [2.24, 2.45) is 11.8 Å². The molecule has 2 atom stereocenters. The van der Waals surface area contributed by atoms with Crippen molar-refractivity contribution >= 4 is 0 Å². The van der Waals surface area contributed by atoms with Crippen LogP contribution in [-0.2, 0) is 12.8 Å². The van der Waals surface area contributed by atoms with Crippen LogP contribution in [0.5, 0.6) is 0 Å². The summed E-state index contributed by atoms with van der Waals surface area (Å²) in [5, 5.41) is 3.79. The maximum Gasteiger partial charge on any atom is 0.0130 e. The maximum absolute atomic E-state index is 3.81. The van der Waals surface area contributed by atoms with E-state index in [2.05, 4.69) is 36.2 Å². The zero-order chi connectivity index (χ0) is 12.4. The van der Waals surface area contributed by atoms with Crippen molar-refractivity contribution in [2.45, 2.75) is 38.1 Å². The maximum atomic E-state index is 3.81. The van der Waals surface area contributed by atoms with Gasteiger partial charge < -0.3 is 5.32 Å². The van der Waals surface area contributed by atoms with Crippen molar-refractivity contribution in [1.29, 1.82) is 0 Å². The molecule has 0 radical (unpaired) electrons. The molecule has 2 aliphatic carbocycles. The molecule has 0 heterocycles. The smallest absolute Gasteiger partial charge is 0.0130 e. The molecule has 1 fully saturated rings. The lowest BCUT2D eigenvalue weighted by Crippen LogP contribution is -2.38. The van der Waals surface area contributed by atoms with Gasteiger partial charge in [-0.15, -0.1) is 6.58 Å². The molecule has 3 rings (SSSR count). The van der Waals surface area contributed by atoms with Crippen molar-refractivity contribution in [3.63, 3.8) is 0 Å². The Morgan fingerprint density at radius 1 is 1.11 bits per heavy atom. The minimum Gasteiger partial charge on any atom is -0.313 e. The number of benzene rings is 1. The highest BCUT2D eigenvalue weighted by Crippen LogP contribution is 2.39. The first-order chi connectivity index (χ1) is 8.88. The van der Waals surface area contributed by atoms with E-state index < -0.39 is 0 Å². The fourth-order valence-corrected chi connectivity index (χ4v) is 3.84. The van der Waals surface area contributed by atoms with Crippen molar-refractivity contribution in [3.05, 3.63) is 48.0 Å². The van der Waals surface area contributed by atoms with Crippen LogP contribution in [0.1, 0.15) is 30.4 Å². The second-order valence-electron chi connectivity index (χ2n) is 5.83. The number of hydrogen-bond donors (Lipinski definition) is 1. The van der Waals surface area contributed by atoms with E-state index in [1.807, 2.05) is 6.08 Å². The van der Waals surface area contributed by atoms with Crippen LogP contribution in [0.3, 0.4) is 0 Å². The van der Waals surface area contributed by atoms with Gasteiger partial charge in [-0.25, -0.2) is 0 Å². The zero-order valence-corrected chi connectivity index (χ0v) is 11.1. The van der Waals surface area contributed by atoms with Gasteiger partial charge in [0, 0.05) is 6.04 Å². The Labute approximate surface area is 110 Å². The normalized spacial score (nSPS) is 29.7. The summed E-state index contributed by atoms with van der Waals surface area (Å²) < 4.78 is 0. The SMILES string of the molecule is C=CCCNC1C2CCC1Cc1ccccc1C2. The van der Waals surface area contributed by atoms with Crippen LogP contribution >= 0.6 is 0 Å². The summed E-state index contributed by atoms with van der Waals surface area (Å²) in [6, 6.07) is 9.78. The van der Waals surface area contributed by atoms with Gasteiger partial charge in [0.25, 0.3) is 0 Å². The second kappa shape index (κ2) is 5.27. The van der Waals surface area contributed by atoms with E-state index >= 15 is 0 Å². The Balaban J connectivity index is 1.75. The standard InChI is InChI=1S/C17H23N/c1-2-3-10-18-17-15-8-9-16(17)12-14-7-5-4-6-13(14)11-15/h2,4-7,15-18H,1,3,8-12H2. The van der Waals surface area contributed by atoms with Crippen LogP contribution in [0.15, 0.2) is 36.9 Å². The number of nitrogens with one attached hydrogen (secondary N) is 1. The molecule has 1 saturated carbocycles. The van der Waals surface area contributed by atoms with Crippen molar-refractivity contribution in [1.82, 2.24) is 5.32 Å². The lowest BCUT2D eigenvalue weighted by atomic mass is 9.94. The molecule has 0 amide bonds. The minimum atomic E-state index is 0.734. The summed E-state index contributed by atoms with van der Waals surface area (Å²) in [6.07, 6.45) is 8.47. The Bertz CT molecular complexity index is 390. The van der Waals surface area contributed by atoms with Gasteiger partial charge in [-0.3, -0.25) is 0 Å². The van der Waals surface area contributed by atoms with Crippen molar-refractivity contribution in [3.8, 4) is 0 Å². The summed E-state index contributed by atoms with van der Waals surface area (Å²) in [7, 11) is 0. The summed E-state index contributed by atoms with van der Waals surface area (Å²) in [5.41, 5.74) is 3.19. The van der Waals surface area contributed by atoms with Crippen LogP contribution < -0.4 is 5.32 Å². The first-order valence-corrected chi connectivity index (χ1v) is 7.29. The van der Waals surface area contributed by atoms with Gasteiger partial charge in [-0.1, -0.05) is 30.3 Å². The van der Waals surface area contributed by atoms with Gasteiger partial charge in [0.1, 0.15) is 0 Å². The van der Waals surface area contributed by atoms with Gasteiger partial charge in [-0.05, 0) is 61.6 Å². The van der Waals surface area contributed by atoms with E-state index in [0.717, 1.165) is 30.8 Å². The molecule has 0 spiro atoms. The van der Waals surface area contributed by atoms with Crippen LogP contribution in [0.25, 0.3) is 0 Å². The van der Waals surface area contributed by atoms with E-state index in [9.17, 15) is 0 Å². The molecule has 2 bridgehead atoms. The molecule has 1 aromatic carbocycles. The highest BCUT2D eigenvalue weighted by molar-refractivity contribution is 5.30. The van der Waals surface area contributed by atoms with Crippen LogP contribution in [-0.4, -0.2) is 12.6 Å². The number of rotatable bonds is 4. The fourth-order valence-electron chi connectivity index (χ4n) is 3.84. The molecule has 1 aromatic rings. The van der Waals surface area contributed by atoms with Crippen LogP contribution in [0.2, 0.25) is 0 Å². The topological polar surface area (TPSA) is 12.0 Å². The fraction of sp³-hybridized carbons (Fsp3) is 0.529. The largest absolute Gasteiger partial charge is 0.313 e. The first-order valence-electron chi connectivity index (χ1n) is 7.29. The molecule has 1 heteroatoms. The Hall–Kier alpha value is -1.08. The third-order valence-electron chi connectivity index (χ3n) is 4.74. The van der Waals surface area contributed by atoms with Crippen molar-refractivity contribution < 1.29 is 0 Å². The Morgan fingerprint density at radius 2 is 1.72 bits per heavy atom. The van der Waals surface area contributed by atoms with E-state index in [-0.39, 0.29) is 0 Å². The molecule has 0 aromatic heterocycles. The van der Waals surface area contributed by atoms with Crippen molar-refractivity contribution in [2.75, 3.05) is 6.54 Å². The lowest BCUT2D eigenvalue weighted by molar-refractivity contribution is 0.345. The van der Waals surface area contributed by atoms with E-state index in [1.54, 1.807) is 11.1 Å². The average molecular weight is 241 g/mol. The summed E-state index contributed by atoms with van der Waals surface area (Å²) >= 11 is 0. The molecule has 96 valence electrons. The summed E-state index contributed by atoms with van der Waals surface area (Å²) in [6.45, 7) is 4.90. The lowest BCUT2D eigenvalue weighted by Gasteiger charge is -2.23. The van der Waals surface area contributed by atoms with Gasteiger partial charge in [0.2, 0.25) is 0 Å². The molecule has 0 saturated heterocycles. The number of fused-ring (bicyclic) bond motifs is 3. The molecular weight excluding hydrogens is 218 g/mol. The highest BCUT2D eigenvalue weighted by atomic mass is 14.9. The molecule has 18 heavy (non-hydrogen) atoms. The first kappa shape index (κ1) is 12.0. The van der Waals surface area contributed by atoms with Crippen LogP contribution in [0.4, 0.5) is 0 Å². The third-order valence-corrected chi connectivity index (χ3v) is 4.74. The van der Waals surface area contributed by atoms with Gasteiger partial charge >= 0.3 is 0 Å². The Kier molecular flexibility index (Phi) is 3.51. The quantitative estimate of drug-likeness (QED) is 0.629. The zero-order valence-electron chi connectivity index (χ0n) is 11.1. The average Bonchev–Trinajstić information content (AvgIpc) is 2.66. The molecular formula is C17H23N. The van der Waals surface area contributed by atoms with Crippen LogP contribution in [0, 0.1) is 11.8 Å². The predicted molar refractivity (Wildman–Crippen MR) is 76.7 cm³/mol. The van der Waals surface area contributed by atoms with Gasteiger partial charge in [0.15, 0.2) is 0 Å². The van der Waals surface area contributed by atoms with E-state index in [1.165, 1.54) is 25.7 Å². The second-order valence-corrected chi connectivity index (χ2v) is 5.83. The Morgan fingerprint density at radius 3 is 2.28 bits per heavy atom. The molecule has 1 nitrogen and oxygen atoms in total. The van der Waals surface area contributed by atoms with Gasteiger partial charge in [-0.2, -0.15) is 0 Å². The third kappa shape index (κ3) is 2.24. The molecule has 1 N–H and O–H groups in total. The summed E-state index contributed by atoms with van der Waals surface area (Å²) in [5.74, 6) is 1.70. The van der Waals surface area contributed by atoms with E-state index in [4.69, 9.17) is 0 Å². The monoisotopic (exact) mass is 241 g/mol. The molecule has 2 unspecified atom stereocenters. The molecule has 2 aliphatic rings. The molecule has 0 aliphatic heterocycles. The predicted octanol–water partition coefficient (Wildman–Crippen LogP) is 3.35. The van der Waals surface area contributed by atoms with Gasteiger partial charge in [0.05, 0.1) is 0 Å². The summed E-state index contributed by atoms with van der Waals surface area (Å²) in [4.78, 5) is 0. The minimum absolute atomic E-state index is 0.734. The number of hydrogen-bond acceptors (Lipinski definition) is 1. The van der Waals surface area contributed by atoms with E-state index in [0.29, 0.717) is 0 Å². The highest BCUT2D eigenvalue weighted by Gasteiger charge is 2.38.